The van der Waals surface area contributed by atoms with Crippen molar-refractivity contribution >= 4 is 17.8 Å². The van der Waals surface area contributed by atoms with Crippen molar-refractivity contribution in [2.75, 3.05) is 35.0 Å². The molecule has 45 heavy (non-hydrogen) atoms. The molecule has 0 saturated heterocycles. The van der Waals surface area contributed by atoms with Crippen LogP contribution in [0.4, 0.5) is 0 Å². The summed E-state index contributed by atoms with van der Waals surface area (Å²) in [6, 6.07) is 22.1. The van der Waals surface area contributed by atoms with E-state index in [4.69, 9.17) is 33.2 Å². The van der Waals surface area contributed by atoms with Gasteiger partial charge in [-0.2, -0.15) is 0 Å². The SMILES string of the molecule is COc1ccc(CCOc2ccccc2[C@H]2CC(=O)Oc3ccc4c(c32)O/C(=C\c2cc(OC)c(OC)cc2OC)C4=O)cc1. The molecular formula is C36H32O9. The quantitative estimate of drug-likeness (QED) is 0.115. The lowest BCUT2D eigenvalue weighted by molar-refractivity contribution is -0.135. The molecule has 0 saturated carbocycles. The van der Waals surface area contributed by atoms with Crippen molar-refractivity contribution in [1.82, 2.24) is 0 Å². The third-order valence-corrected chi connectivity index (χ3v) is 7.90. The van der Waals surface area contributed by atoms with Crippen LogP contribution >= 0.6 is 0 Å². The van der Waals surface area contributed by atoms with E-state index in [9.17, 15) is 9.59 Å². The van der Waals surface area contributed by atoms with Gasteiger partial charge in [0.15, 0.2) is 17.3 Å². The number of ether oxygens (including phenoxy) is 7. The van der Waals surface area contributed by atoms with Gasteiger partial charge in [0.2, 0.25) is 5.78 Å². The van der Waals surface area contributed by atoms with Gasteiger partial charge in [-0.3, -0.25) is 9.59 Å². The van der Waals surface area contributed by atoms with Crippen LogP contribution in [0.2, 0.25) is 0 Å². The van der Waals surface area contributed by atoms with Crippen LogP contribution in [0.5, 0.6) is 40.2 Å². The smallest absolute Gasteiger partial charge is 0.312 e. The molecule has 0 unspecified atom stereocenters. The third-order valence-electron chi connectivity index (χ3n) is 7.90. The van der Waals surface area contributed by atoms with Gasteiger partial charge in [0, 0.05) is 35.1 Å². The van der Waals surface area contributed by atoms with Crippen LogP contribution in [0.3, 0.4) is 0 Å². The van der Waals surface area contributed by atoms with Crippen LogP contribution in [-0.2, 0) is 11.2 Å². The van der Waals surface area contributed by atoms with Gasteiger partial charge in [-0.1, -0.05) is 30.3 Å². The number of para-hydroxylation sites is 1. The fraction of sp³-hybridized carbons (Fsp3) is 0.222. The topological polar surface area (TPSA) is 98.8 Å². The van der Waals surface area contributed by atoms with Crippen molar-refractivity contribution in [3.8, 4) is 40.2 Å². The average Bonchev–Trinajstić information content (AvgIpc) is 3.39. The van der Waals surface area contributed by atoms with E-state index in [-0.39, 0.29) is 23.9 Å². The van der Waals surface area contributed by atoms with E-state index in [1.807, 2.05) is 48.5 Å². The minimum Gasteiger partial charge on any atom is -0.497 e. The summed E-state index contributed by atoms with van der Waals surface area (Å²) in [4.78, 5) is 26.4. The van der Waals surface area contributed by atoms with Gasteiger partial charge in [-0.25, -0.2) is 0 Å². The summed E-state index contributed by atoms with van der Waals surface area (Å²) >= 11 is 0. The van der Waals surface area contributed by atoms with Crippen LogP contribution < -0.4 is 33.2 Å². The van der Waals surface area contributed by atoms with E-state index in [1.165, 1.54) is 21.3 Å². The molecule has 1 atom stereocenters. The number of carbonyl (C=O) groups is 2. The normalized spacial score (nSPS) is 15.9. The van der Waals surface area contributed by atoms with Gasteiger partial charge in [0.25, 0.3) is 0 Å². The maximum absolute atomic E-state index is 13.6. The Balaban J connectivity index is 1.33. The highest BCUT2D eigenvalue weighted by Crippen LogP contribution is 2.50. The Morgan fingerprint density at radius 3 is 2.24 bits per heavy atom. The number of rotatable bonds is 10. The van der Waals surface area contributed by atoms with E-state index < -0.39 is 5.92 Å². The summed E-state index contributed by atoms with van der Waals surface area (Å²) in [6.07, 6.45) is 2.35. The Hall–Kier alpha value is -5.44. The molecule has 0 aromatic heterocycles. The van der Waals surface area contributed by atoms with Gasteiger partial charge >= 0.3 is 5.97 Å². The summed E-state index contributed by atoms with van der Waals surface area (Å²) in [7, 11) is 6.23. The van der Waals surface area contributed by atoms with E-state index in [0.29, 0.717) is 64.2 Å². The maximum Gasteiger partial charge on any atom is 0.312 e. The lowest BCUT2D eigenvalue weighted by Crippen LogP contribution is -2.22. The van der Waals surface area contributed by atoms with Gasteiger partial charge in [-0.05, 0) is 48.0 Å². The first-order chi connectivity index (χ1) is 21.9. The summed E-state index contributed by atoms with van der Waals surface area (Å²) in [5.41, 5.74) is 3.47. The molecule has 9 heteroatoms. The molecule has 2 aliphatic heterocycles. The Labute approximate surface area is 260 Å². The molecule has 2 heterocycles. The molecular weight excluding hydrogens is 576 g/mol. The summed E-state index contributed by atoms with van der Waals surface area (Å²) in [5.74, 6) is 2.53. The van der Waals surface area contributed by atoms with Crippen molar-refractivity contribution < 1.29 is 42.7 Å². The zero-order chi connectivity index (χ0) is 31.5. The van der Waals surface area contributed by atoms with Crippen LogP contribution in [0.15, 0.2) is 78.6 Å². The highest BCUT2D eigenvalue weighted by molar-refractivity contribution is 6.15. The summed E-state index contributed by atoms with van der Waals surface area (Å²) in [5, 5.41) is 0. The van der Waals surface area contributed by atoms with Crippen molar-refractivity contribution in [3.05, 3.63) is 106 Å². The highest BCUT2D eigenvalue weighted by Gasteiger charge is 2.39. The van der Waals surface area contributed by atoms with E-state index in [1.54, 1.807) is 37.5 Å². The lowest BCUT2D eigenvalue weighted by atomic mass is 9.84. The number of esters is 1. The Kier molecular flexibility index (Phi) is 8.33. The fourth-order valence-electron chi connectivity index (χ4n) is 5.65. The first kappa shape index (κ1) is 29.6. The molecule has 4 aromatic rings. The number of Topliss-reactive ketones (excluding diaryl/α,β-unsaturated/α-hetero) is 1. The number of carbonyl (C=O) groups excluding carboxylic acids is 2. The number of methoxy groups -OCH3 is 4. The Bertz CT molecular complexity index is 1790. The largest absolute Gasteiger partial charge is 0.497 e. The van der Waals surface area contributed by atoms with E-state index in [0.717, 1.165) is 16.9 Å². The van der Waals surface area contributed by atoms with Crippen LogP contribution in [0, 0.1) is 0 Å². The zero-order valence-electron chi connectivity index (χ0n) is 25.4. The van der Waals surface area contributed by atoms with Crippen LogP contribution in [0.1, 0.15) is 45.0 Å². The molecule has 0 aliphatic carbocycles. The lowest BCUT2D eigenvalue weighted by Gasteiger charge is -2.27. The van der Waals surface area contributed by atoms with Gasteiger partial charge < -0.3 is 33.2 Å². The van der Waals surface area contributed by atoms with Crippen molar-refractivity contribution in [1.29, 1.82) is 0 Å². The molecule has 4 aromatic carbocycles. The van der Waals surface area contributed by atoms with Crippen molar-refractivity contribution in [3.63, 3.8) is 0 Å². The minimum atomic E-state index is -0.462. The monoisotopic (exact) mass is 608 g/mol. The van der Waals surface area contributed by atoms with E-state index >= 15 is 0 Å². The van der Waals surface area contributed by atoms with Crippen molar-refractivity contribution in [2.45, 2.75) is 18.8 Å². The molecule has 0 fully saturated rings. The summed E-state index contributed by atoms with van der Waals surface area (Å²) < 4.78 is 39.8. The highest BCUT2D eigenvalue weighted by atomic mass is 16.5. The molecule has 2 aliphatic rings. The van der Waals surface area contributed by atoms with Gasteiger partial charge in [-0.15, -0.1) is 0 Å². The number of fused-ring (bicyclic) bond motifs is 3. The molecule has 0 bridgehead atoms. The van der Waals surface area contributed by atoms with Gasteiger partial charge in [0.1, 0.15) is 28.7 Å². The number of ketones is 1. The predicted molar refractivity (Wildman–Crippen MR) is 166 cm³/mol. The summed E-state index contributed by atoms with van der Waals surface area (Å²) in [6.45, 7) is 0.426. The molecule has 0 amide bonds. The standard InChI is InChI=1S/C36H32O9/c1-39-23-11-9-21(10-12-23)15-16-43-27-8-6-5-7-24(27)26-19-33(37)44-28-14-13-25-35(38)32(45-36(25)34(26)28)18-22-17-30(41-3)31(42-4)20-29(22)40-2/h5-14,17-18,20,26H,15-16,19H2,1-4H3/b32-18-/t26-/m1/s1. The maximum atomic E-state index is 13.6. The first-order valence-corrected chi connectivity index (χ1v) is 14.4. The second-order valence-electron chi connectivity index (χ2n) is 10.5. The molecule has 0 radical (unpaired) electrons. The average molecular weight is 609 g/mol. The predicted octanol–water partition coefficient (Wildman–Crippen LogP) is 6.40. The minimum absolute atomic E-state index is 0.0579. The molecule has 0 spiro atoms. The molecule has 230 valence electrons. The first-order valence-electron chi connectivity index (χ1n) is 14.4. The Morgan fingerprint density at radius 1 is 0.778 bits per heavy atom. The van der Waals surface area contributed by atoms with E-state index in [2.05, 4.69) is 0 Å². The number of allylic oxidation sites excluding steroid dienone is 1. The van der Waals surface area contributed by atoms with Crippen molar-refractivity contribution in [2.24, 2.45) is 0 Å². The fourth-order valence-corrected chi connectivity index (χ4v) is 5.65. The van der Waals surface area contributed by atoms with Crippen LogP contribution in [0.25, 0.3) is 6.08 Å². The second-order valence-corrected chi connectivity index (χ2v) is 10.5. The van der Waals surface area contributed by atoms with Crippen LogP contribution in [-0.4, -0.2) is 46.8 Å². The van der Waals surface area contributed by atoms with Gasteiger partial charge in [0.05, 0.1) is 47.0 Å². The number of hydrogen-bond acceptors (Lipinski definition) is 9. The number of hydrogen-bond donors (Lipinski definition) is 0. The molecule has 6 rings (SSSR count). The molecule has 9 nitrogen and oxygen atoms in total. The molecule has 0 N–H and O–H groups in total. The second kappa shape index (κ2) is 12.7. The Morgan fingerprint density at radius 2 is 1.51 bits per heavy atom. The third kappa shape index (κ3) is 5.76. The zero-order valence-corrected chi connectivity index (χ0v) is 25.4. The number of benzene rings is 4.